The SMILES string of the molecule is COc1ccc(N2CC(C(=O)N3CCCN(Cc4ccc(F)cc4)CC3)CC2=O)cc1. The Hall–Kier alpha value is -2.93. The van der Waals surface area contributed by atoms with E-state index in [2.05, 4.69) is 4.90 Å². The van der Waals surface area contributed by atoms with E-state index >= 15 is 0 Å². The van der Waals surface area contributed by atoms with Gasteiger partial charge in [-0.3, -0.25) is 14.5 Å². The maximum atomic E-state index is 13.1. The number of hydrogen-bond donors (Lipinski definition) is 0. The summed E-state index contributed by atoms with van der Waals surface area (Å²) in [4.78, 5) is 31.6. The van der Waals surface area contributed by atoms with Crippen molar-refractivity contribution in [1.82, 2.24) is 9.80 Å². The average Bonchev–Trinajstić information content (AvgIpc) is 3.02. The fourth-order valence-electron chi connectivity index (χ4n) is 4.34. The monoisotopic (exact) mass is 425 g/mol. The molecule has 2 heterocycles. The number of hydrogen-bond acceptors (Lipinski definition) is 4. The molecule has 2 aliphatic rings. The Morgan fingerprint density at radius 2 is 1.77 bits per heavy atom. The third-order valence-corrected chi connectivity index (χ3v) is 6.08. The molecular formula is C24H28FN3O3. The molecule has 6 nitrogen and oxygen atoms in total. The lowest BCUT2D eigenvalue weighted by molar-refractivity contribution is -0.135. The van der Waals surface area contributed by atoms with Gasteiger partial charge in [-0.2, -0.15) is 0 Å². The number of rotatable bonds is 5. The Bertz CT molecular complexity index is 917. The molecule has 2 saturated heterocycles. The number of amides is 2. The Morgan fingerprint density at radius 1 is 1.03 bits per heavy atom. The number of halogens is 1. The molecule has 2 aromatic carbocycles. The Morgan fingerprint density at radius 3 is 2.48 bits per heavy atom. The van der Waals surface area contributed by atoms with Gasteiger partial charge in [0.15, 0.2) is 0 Å². The minimum atomic E-state index is -0.307. The molecule has 0 bridgehead atoms. The highest BCUT2D eigenvalue weighted by Crippen LogP contribution is 2.28. The molecule has 31 heavy (non-hydrogen) atoms. The van der Waals surface area contributed by atoms with Gasteiger partial charge in [-0.15, -0.1) is 0 Å². The minimum Gasteiger partial charge on any atom is -0.497 e. The van der Waals surface area contributed by atoms with E-state index in [1.165, 1.54) is 12.1 Å². The van der Waals surface area contributed by atoms with E-state index in [1.54, 1.807) is 24.1 Å². The van der Waals surface area contributed by atoms with Crippen LogP contribution in [0.1, 0.15) is 18.4 Å². The van der Waals surface area contributed by atoms with E-state index in [1.807, 2.05) is 29.2 Å². The first-order valence-corrected chi connectivity index (χ1v) is 10.7. The molecule has 2 aromatic rings. The first-order valence-electron chi connectivity index (χ1n) is 10.7. The van der Waals surface area contributed by atoms with Gasteiger partial charge in [0.2, 0.25) is 11.8 Å². The van der Waals surface area contributed by atoms with E-state index in [4.69, 9.17) is 4.74 Å². The van der Waals surface area contributed by atoms with Gasteiger partial charge in [0, 0.05) is 51.4 Å². The number of carbonyl (C=O) groups is 2. The third-order valence-electron chi connectivity index (χ3n) is 6.08. The largest absolute Gasteiger partial charge is 0.497 e. The average molecular weight is 426 g/mol. The van der Waals surface area contributed by atoms with Crippen molar-refractivity contribution in [3.05, 3.63) is 59.9 Å². The van der Waals surface area contributed by atoms with E-state index in [-0.39, 0.29) is 30.0 Å². The lowest BCUT2D eigenvalue weighted by Crippen LogP contribution is -2.39. The van der Waals surface area contributed by atoms with Crippen molar-refractivity contribution >= 4 is 17.5 Å². The Labute approximate surface area is 182 Å². The van der Waals surface area contributed by atoms with Crippen LogP contribution < -0.4 is 9.64 Å². The molecule has 2 amide bonds. The minimum absolute atomic E-state index is 0.0173. The van der Waals surface area contributed by atoms with Crippen molar-refractivity contribution in [2.75, 3.05) is 44.7 Å². The molecule has 0 aliphatic carbocycles. The summed E-state index contributed by atoms with van der Waals surface area (Å²) in [5.74, 6) is 0.242. The van der Waals surface area contributed by atoms with Gasteiger partial charge in [0.05, 0.1) is 13.0 Å². The zero-order valence-electron chi connectivity index (χ0n) is 17.8. The standard InChI is InChI=1S/C24H28FN3O3/c1-31-22-9-7-21(8-10-22)28-17-19(15-23(28)29)24(30)27-12-2-11-26(13-14-27)16-18-3-5-20(25)6-4-18/h3-10,19H,2,11-17H2,1H3. The van der Waals surface area contributed by atoms with Crippen molar-refractivity contribution in [3.8, 4) is 5.75 Å². The number of benzene rings is 2. The van der Waals surface area contributed by atoms with Crippen molar-refractivity contribution < 1.29 is 18.7 Å². The number of anilines is 1. The summed E-state index contributed by atoms with van der Waals surface area (Å²) in [5.41, 5.74) is 1.86. The molecule has 0 spiro atoms. The Kier molecular flexibility index (Phi) is 6.51. The van der Waals surface area contributed by atoms with Gasteiger partial charge in [-0.1, -0.05) is 12.1 Å². The van der Waals surface area contributed by atoms with E-state index in [0.29, 0.717) is 19.6 Å². The van der Waals surface area contributed by atoms with Crippen LogP contribution in [0.3, 0.4) is 0 Å². The fourth-order valence-corrected chi connectivity index (χ4v) is 4.34. The van der Waals surface area contributed by atoms with Gasteiger partial charge in [0.1, 0.15) is 11.6 Å². The number of methoxy groups -OCH3 is 1. The summed E-state index contributed by atoms with van der Waals surface area (Å²) in [6.07, 6.45) is 1.14. The summed E-state index contributed by atoms with van der Waals surface area (Å²) in [6, 6.07) is 13.9. The highest BCUT2D eigenvalue weighted by atomic mass is 19.1. The molecule has 0 radical (unpaired) electrons. The highest BCUT2D eigenvalue weighted by molar-refractivity contribution is 6.00. The fraction of sp³-hybridized carbons (Fsp3) is 0.417. The maximum Gasteiger partial charge on any atom is 0.228 e. The van der Waals surface area contributed by atoms with E-state index in [0.717, 1.165) is 43.1 Å². The van der Waals surface area contributed by atoms with Crippen LogP contribution in [0.25, 0.3) is 0 Å². The maximum absolute atomic E-state index is 13.1. The molecule has 0 saturated carbocycles. The van der Waals surface area contributed by atoms with E-state index in [9.17, 15) is 14.0 Å². The van der Waals surface area contributed by atoms with Crippen LogP contribution in [-0.2, 0) is 16.1 Å². The lowest BCUT2D eigenvalue weighted by atomic mass is 10.1. The van der Waals surface area contributed by atoms with Gasteiger partial charge in [-0.25, -0.2) is 4.39 Å². The van der Waals surface area contributed by atoms with Crippen LogP contribution in [0.4, 0.5) is 10.1 Å². The van der Waals surface area contributed by atoms with Crippen LogP contribution in [0.5, 0.6) is 5.75 Å². The molecule has 7 heteroatoms. The molecule has 2 aliphatic heterocycles. The lowest BCUT2D eigenvalue weighted by Gasteiger charge is -2.24. The van der Waals surface area contributed by atoms with Crippen molar-refractivity contribution in [2.24, 2.45) is 5.92 Å². The van der Waals surface area contributed by atoms with Crippen LogP contribution in [0.2, 0.25) is 0 Å². The van der Waals surface area contributed by atoms with Crippen LogP contribution in [-0.4, -0.2) is 61.4 Å². The van der Waals surface area contributed by atoms with Crippen molar-refractivity contribution in [1.29, 1.82) is 0 Å². The van der Waals surface area contributed by atoms with E-state index < -0.39 is 0 Å². The molecule has 2 fully saturated rings. The summed E-state index contributed by atoms with van der Waals surface area (Å²) >= 11 is 0. The number of ether oxygens (including phenoxy) is 1. The normalized spacial score (nSPS) is 20.1. The predicted octanol–water partition coefficient (Wildman–Crippen LogP) is 2.92. The first kappa shape index (κ1) is 21.3. The molecule has 1 atom stereocenters. The van der Waals surface area contributed by atoms with Crippen LogP contribution in [0, 0.1) is 11.7 Å². The predicted molar refractivity (Wildman–Crippen MR) is 116 cm³/mol. The van der Waals surface area contributed by atoms with Gasteiger partial charge < -0.3 is 14.5 Å². The molecule has 1 unspecified atom stereocenters. The number of nitrogens with zero attached hydrogens (tertiary/aromatic N) is 3. The topological polar surface area (TPSA) is 53.1 Å². The van der Waals surface area contributed by atoms with Gasteiger partial charge in [0.25, 0.3) is 0 Å². The quantitative estimate of drug-likeness (QED) is 0.739. The Balaban J connectivity index is 1.33. The summed E-state index contributed by atoms with van der Waals surface area (Å²) < 4.78 is 18.3. The summed E-state index contributed by atoms with van der Waals surface area (Å²) in [6.45, 7) is 4.17. The second-order valence-electron chi connectivity index (χ2n) is 8.18. The summed E-state index contributed by atoms with van der Waals surface area (Å²) in [5, 5.41) is 0. The molecule has 0 aromatic heterocycles. The highest BCUT2D eigenvalue weighted by Gasteiger charge is 2.37. The summed E-state index contributed by atoms with van der Waals surface area (Å²) in [7, 11) is 1.60. The molecule has 164 valence electrons. The van der Waals surface area contributed by atoms with Crippen LogP contribution >= 0.6 is 0 Å². The first-order chi connectivity index (χ1) is 15.0. The second-order valence-corrected chi connectivity index (χ2v) is 8.18. The molecule has 4 rings (SSSR count). The second kappa shape index (κ2) is 9.47. The van der Waals surface area contributed by atoms with Crippen LogP contribution in [0.15, 0.2) is 48.5 Å². The molecule has 0 N–H and O–H groups in total. The van der Waals surface area contributed by atoms with Gasteiger partial charge >= 0.3 is 0 Å². The van der Waals surface area contributed by atoms with Crippen molar-refractivity contribution in [3.63, 3.8) is 0 Å². The zero-order valence-corrected chi connectivity index (χ0v) is 17.8. The smallest absolute Gasteiger partial charge is 0.228 e. The van der Waals surface area contributed by atoms with Gasteiger partial charge in [-0.05, 0) is 48.4 Å². The van der Waals surface area contributed by atoms with Crippen molar-refractivity contribution in [2.45, 2.75) is 19.4 Å². The number of carbonyl (C=O) groups excluding carboxylic acids is 2. The molecular weight excluding hydrogens is 397 g/mol. The zero-order chi connectivity index (χ0) is 21.8. The third kappa shape index (κ3) is 5.05.